The van der Waals surface area contributed by atoms with Crippen LogP contribution in [0.25, 0.3) is 10.2 Å². The number of benzene rings is 1. The van der Waals surface area contributed by atoms with Gasteiger partial charge in [0.15, 0.2) is 0 Å². The van der Waals surface area contributed by atoms with E-state index in [-0.39, 0.29) is 17.3 Å². The first-order chi connectivity index (χ1) is 14.9. The second-order valence-corrected chi connectivity index (χ2v) is 9.19. The van der Waals surface area contributed by atoms with Crippen molar-refractivity contribution in [2.45, 2.75) is 24.9 Å². The van der Waals surface area contributed by atoms with Gasteiger partial charge in [-0.2, -0.15) is 5.10 Å². The normalized spacial score (nSPS) is 15.8. The number of carbonyl (C=O) groups is 1. The van der Waals surface area contributed by atoms with E-state index >= 15 is 0 Å². The number of amides is 1. The summed E-state index contributed by atoms with van der Waals surface area (Å²) in [6.45, 7) is 5.98. The van der Waals surface area contributed by atoms with Crippen LogP contribution in [0.15, 0.2) is 29.2 Å². The molecule has 0 aliphatic carbocycles. The van der Waals surface area contributed by atoms with Crippen molar-refractivity contribution in [3.63, 3.8) is 0 Å². The number of aryl methyl sites for hydroxylation is 1. The summed E-state index contributed by atoms with van der Waals surface area (Å²) in [4.78, 5) is 16.2. The lowest BCUT2D eigenvalue weighted by molar-refractivity contribution is 0.0335. The molecule has 1 aliphatic rings. The molecule has 164 valence electrons. The predicted molar refractivity (Wildman–Crippen MR) is 117 cm³/mol. The number of rotatable bonds is 6. The minimum atomic E-state index is -2.27. The molecule has 0 radical (unpaired) electrons. The summed E-state index contributed by atoms with van der Waals surface area (Å²) in [5, 5.41) is 12.3. The summed E-state index contributed by atoms with van der Waals surface area (Å²) >= 11 is -1.06. The van der Waals surface area contributed by atoms with Gasteiger partial charge in [-0.1, -0.05) is 12.1 Å². The maximum atomic E-state index is 12.7. The minimum absolute atomic E-state index is 0.200. The fourth-order valence-electron chi connectivity index (χ4n) is 3.46. The molecule has 0 saturated carbocycles. The zero-order valence-electron chi connectivity index (χ0n) is 16.9. The van der Waals surface area contributed by atoms with Gasteiger partial charge in [0, 0.05) is 36.5 Å². The third-order valence-electron chi connectivity index (χ3n) is 5.25. The maximum absolute atomic E-state index is 12.7. The van der Waals surface area contributed by atoms with Gasteiger partial charge in [-0.3, -0.25) is 13.9 Å². The molecular weight excluding hydrogens is 438 g/mol. The summed E-state index contributed by atoms with van der Waals surface area (Å²) in [5.41, 5.74) is 9.32. The zero-order chi connectivity index (χ0) is 22.0. The van der Waals surface area contributed by atoms with Crippen LogP contribution < -0.4 is 11.1 Å². The standard InChI is InChI=1S/C20H23N5O4S2/c1-12-15(11-25-6-8-29-9-7-25)23-24-20-16(12)17(21)18(30-20)19(26)22-10-13-2-4-14(5-3-13)31(27)28/h2-5H,6-11,21H2,1H3,(H,22,26)(H,27,28)/p-1. The minimum Gasteiger partial charge on any atom is -0.768 e. The molecule has 1 unspecified atom stereocenters. The Labute approximate surface area is 185 Å². The average molecular weight is 461 g/mol. The molecule has 1 fully saturated rings. The van der Waals surface area contributed by atoms with Crippen LogP contribution in [0.2, 0.25) is 0 Å². The van der Waals surface area contributed by atoms with Crippen molar-refractivity contribution < 1.29 is 18.3 Å². The Kier molecular flexibility index (Phi) is 6.58. The number of hydrogen-bond donors (Lipinski definition) is 2. The van der Waals surface area contributed by atoms with E-state index in [1.54, 1.807) is 12.1 Å². The first-order valence-corrected chi connectivity index (χ1v) is 11.6. The third kappa shape index (κ3) is 4.75. The van der Waals surface area contributed by atoms with Crippen LogP contribution >= 0.6 is 11.3 Å². The molecule has 1 amide bonds. The number of fused-ring (bicyclic) bond motifs is 1. The molecule has 3 N–H and O–H groups in total. The van der Waals surface area contributed by atoms with Gasteiger partial charge in [0.05, 0.1) is 24.6 Å². The number of anilines is 1. The van der Waals surface area contributed by atoms with E-state index in [2.05, 4.69) is 20.4 Å². The highest BCUT2D eigenvalue weighted by Gasteiger charge is 2.22. The van der Waals surface area contributed by atoms with E-state index < -0.39 is 11.1 Å². The van der Waals surface area contributed by atoms with Crippen molar-refractivity contribution in [1.29, 1.82) is 0 Å². The molecule has 0 bridgehead atoms. The first-order valence-electron chi connectivity index (χ1n) is 9.74. The topological polar surface area (TPSA) is 134 Å². The highest BCUT2D eigenvalue weighted by molar-refractivity contribution is 7.79. The van der Waals surface area contributed by atoms with Gasteiger partial charge in [0.25, 0.3) is 5.91 Å². The molecule has 1 aliphatic heterocycles. The summed E-state index contributed by atoms with van der Waals surface area (Å²) in [7, 11) is 0. The van der Waals surface area contributed by atoms with E-state index in [9.17, 15) is 13.6 Å². The molecule has 1 atom stereocenters. The second kappa shape index (κ2) is 9.37. The largest absolute Gasteiger partial charge is 0.768 e. The van der Waals surface area contributed by atoms with Crippen LogP contribution in [0.4, 0.5) is 5.69 Å². The molecule has 2 aromatic heterocycles. The number of hydrogen-bond acceptors (Lipinski definition) is 9. The Morgan fingerprint density at radius 1 is 1.29 bits per heavy atom. The fraction of sp³-hybridized carbons (Fsp3) is 0.350. The summed E-state index contributed by atoms with van der Waals surface area (Å²) in [5.74, 6) is -0.300. The van der Waals surface area contributed by atoms with Crippen molar-refractivity contribution in [1.82, 2.24) is 20.4 Å². The van der Waals surface area contributed by atoms with Gasteiger partial charge >= 0.3 is 0 Å². The van der Waals surface area contributed by atoms with Gasteiger partial charge in [0.2, 0.25) is 0 Å². The van der Waals surface area contributed by atoms with E-state index in [1.807, 2.05) is 6.92 Å². The summed E-state index contributed by atoms with van der Waals surface area (Å²) in [6, 6.07) is 6.31. The lowest BCUT2D eigenvalue weighted by atomic mass is 10.1. The van der Waals surface area contributed by atoms with Gasteiger partial charge in [-0.25, -0.2) is 0 Å². The Balaban J connectivity index is 1.50. The first kappa shape index (κ1) is 21.8. The monoisotopic (exact) mass is 460 g/mol. The molecule has 1 aromatic carbocycles. The number of aromatic nitrogens is 2. The van der Waals surface area contributed by atoms with Crippen LogP contribution in [-0.2, 0) is 28.9 Å². The van der Waals surface area contributed by atoms with Gasteiger partial charge < -0.3 is 20.3 Å². The van der Waals surface area contributed by atoms with Crippen LogP contribution in [0.5, 0.6) is 0 Å². The Bertz CT molecular complexity index is 1130. The summed E-state index contributed by atoms with van der Waals surface area (Å²) in [6.07, 6.45) is 0. The second-order valence-electron chi connectivity index (χ2n) is 7.25. The third-order valence-corrected chi connectivity index (χ3v) is 6.99. The van der Waals surface area contributed by atoms with Crippen molar-refractivity contribution in [3.8, 4) is 0 Å². The van der Waals surface area contributed by atoms with Crippen LogP contribution in [0, 0.1) is 6.92 Å². The lowest BCUT2D eigenvalue weighted by Gasteiger charge is -2.26. The Morgan fingerprint density at radius 2 is 2.00 bits per heavy atom. The predicted octanol–water partition coefficient (Wildman–Crippen LogP) is 1.58. The Morgan fingerprint density at radius 3 is 2.68 bits per heavy atom. The van der Waals surface area contributed by atoms with Crippen molar-refractivity contribution in [2.75, 3.05) is 32.0 Å². The number of carbonyl (C=O) groups excluding carboxylic acids is 1. The van der Waals surface area contributed by atoms with E-state index in [4.69, 9.17) is 10.5 Å². The number of nitrogen functional groups attached to an aromatic ring is 1. The molecule has 31 heavy (non-hydrogen) atoms. The molecular formula is C20H22N5O4S2-. The quantitative estimate of drug-likeness (QED) is 0.530. The molecule has 0 spiro atoms. The highest BCUT2D eigenvalue weighted by Crippen LogP contribution is 2.35. The lowest BCUT2D eigenvalue weighted by Crippen LogP contribution is -2.36. The Hall–Kier alpha value is -2.44. The van der Waals surface area contributed by atoms with Crippen molar-refractivity contribution >= 4 is 44.2 Å². The molecule has 11 heteroatoms. The summed E-state index contributed by atoms with van der Waals surface area (Å²) < 4.78 is 27.3. The van der Waals surface area contributed by atoms with E-state index in [0.717, 1.165) is 35.3 Å². The maximum Gasteiger partial charge on any atom is 0.263 e. The number of thiophene rings is 1. The molecule has 3 aromatic rings. The number of nitrogens with one attached hydrogen (secondary N) is 1. The van der Waals surface area contributed by atoms with Gasteiger partial charge in [0.1, 0.15) is 9.71 Å². The van der Waals surface area contributed by atoms with Crippen molar-refractivity contribution in [3.05, 3.63) is 46.0 Å². The van der Waals surface area contributed by atoms with Crippen LogP contribution in [-0.4, -0.2) is 56.1 Å². The van der Waals surface area contributed by atoms with E-state index in [0.29, 0.717) is 35.2 Å². The number of ether oxygens (including phenoxy) is 1. The van der Waals surface area contributed by atoms with Gasteiger partial charge in [-0.15, -0.1) is 16.4 Å². The van der Waals surface area contributed by atoms with Crippen LogP contribution in [0.3, 0.4) is 0 Å². The average Bonchev–Trinajstić information content (AvgIpc) is 3.12. The van der Waals surface area contributed by atoms with Crippen molar-refractivity contribution in [2.24, 2.45) is 0 Å². The molecule has 1 saturated heterocycles. The number of nitrogens with two attached hydrogens (primary N) is 1. The SMILES string of the molecule is Cc1c(CN2CCOCC2)nnc2sc(C(=O)NCc3ccc(S(=O)[O-])cc3)c(N)c12. The number of morpholine rings is 1. The zero-order valence-corrected chi connectivity index (χ0v) is 18.6. The molecule has 4 rings (SSSR count). The molecule has 9 nitrogen and oxygen atoms in total. The fourth-order valence-corrected chi connectivity index (χ4v) is 4.84. The highest BCUT2D eigenvalue weighted by atomic mass is 32.2. The van der Waals surface area contributed by atoms with Crippen LogP contribution in [0.1, 0.15) is 26.5 Å². The molecule has 3 heterocycles. The van der Waals surface area contributed by atoms with E-state index in [1.165, 1.54) is 23.5 Å². The van der Waals surface area contributed by atoms with Gasteiger partial charge in [-0.05, 0) is 41.3 Å². The number of nitrogens with zero attached hydrogens (tertiary/aromatic N) is 3. The smallest absolute Gasteiger partial charge is 0.263 e.